The number of ether oxygens (including phenoxy) is 1. The van der Waals surface area contributed by atoms with Gasteiger partial charge in [0, 0.05) is 6.54 Å². The first-order chi connectivity index (χ1) is 13.6. The summed E-state index contributed by atoms with van der Waals surface area (Å²) in [5, 5.41) is 2.96. The SMILES string of the molecule is CCC(NC(=O)CN(Cc1ccc(C)cc1)S(C)(=O)=O)c1ccc(OC)c(C)c1. The molecule has 0 saturated heterocycles. The van der Waals surface area contributed by atoms with E-state index in [1.165, 1.54) is 4.31 Å². The lowest BCUT2D eigenvalue weighted by molar-refractivity contribution is -0.122. The third-order valence-corrected chi connectivity index (χ3v) is 6.03. The van der Waals surface area contributed by atoms with Crippen molar-refractivity contribution >= 4 is 15.9 Å². The number of nitrogens with one attached hydrogen (secondary N) is 1. The lowest BCUT2D eigenvalue weighted by Crippen LogP contribution is -2.41. The molecule has 0 bridgehead atoms. The average Bonchev–Trinajstić information content (AvgIpc) is 2.66. The minimum atomic E-state index is -3.54. The Morgan fingerprint density at radius 1 is 1.14 bits per heavy atom. The fourth-order valence-electron chi connectivity index (χ4n) is 3.13. The molecular formula is C22H30N2O4S. The molecule has 0 aliphatic carbocycles. The Balaban J connectivity index is 2.11. The van der Waals surface area contributed by atoms with E-state index in [-0.39, 0.29) is 25.0 Å². The van der Waals surface area contributed by atoms with Gasteiger partial charge in [0.05, 0.1) is 26.0 Å². The van der Waals surface area contributed by atoms with Crippen LogP contribution in [0.5, 0.6) is 5.75 Å². The summed E-state index contributed by atoms with van der Waals surface area (Å²) in [4.78, 5) is 12.7. The fourth-order valence-corrected chi connectivity index (χ4v) is 3.86. The highest BCUT2D eigenvalue weighted by atomic mass is 32.2. The molecule has 6 nitrogen and oxygen atoms in total. The van der Waals surface area contributed by atoms with Gasteiger partial charge in [-0.15, -0.1) is 0 Å². The van der Waals surface area contributed by atoms with Gasteiger partial charge >= 0.3 is 0 Å². The van der Waals surface area contributed by atoms with E-state index < -0.39 is 10.0 Å². The average molecular weight is 419 g/mol. The number of aryl methyl sites for hydroxylation is 2. The number of rotatable bonds is 9. The van der Waals surface area contributed by atoms with Gasteiger partial charge in [-0.05, 0) is 43.0 Å². The number of carbonyl (C=O) groups is 1. The van der Waals surface area contributed by atoms with Gasteiger partial charge in [-0.3, -0.25) is 4.79 Å². The van der Waals surface area contributed by atoms with Gasteiger partial charge in [0.15, 0.2) is 0 Å². The Labute approximate surface area is 173 Å². The minimum Gasteiger partial charge on any atom is -0.496 e. The van der Waals surface area contributed by atoms with Crippen LogP contribution in [0.1, 0.15) is 41.6 Å². The van der Waals surface area contributed by atoms with E-state index in [0.717, 1.165) is 34.3 Å². The Hall–Kier alpha value is -2.38. The van der Waals surface area contributed by atoms with Gasteiger partial charge in [0.2, 0.25) is 15.9 Å². The summed E-state index contributed by atoms with van der Waals surface area (Å²) < 4.78 is 30.9. The molecule has 2 rings (SSSR count). The van der Waals surface area contributed by atoms with Crippen LogP contribution in [-0.4, -0.2) is 38.5 Å². The highest BCUT2D eigenvalue weighted by molar-refractivity contribution is 7.88. The Kier molecular flexibility index (Phi) is 7.81. The van der Waals surface area contributed by atoms with Crippen molar-refractivity contribution in [2.45, 2.75) is 39.8 Å². The van der Waals surface area contributed by atoms with Crippen LogP contribution >= 0.6 is 0 Å². The van der Waals surface area contributed by atoms with Gasteiger partial charge in [-0.1, -0.05) is 48.9 Å². The number of sulfonamides is 1. The molecule has 0 spiro atoms. The third kappa shape index (κ3) is 6.58. The van der Waals surface area contributed by atoms with Crippen LogP contribution in [0.4, 0.5) is 0 Å². The van der Waals surface area contributed by atoms with Gasteiger partial charge in [0.25, 0.3) is 0 Å². The van der Waals surface area contributed by atoms with Crippen molar-refractivity contribution in [3.63, 3.8) is 0 Å². The number of carbonyl (C=O) groups excluding carboxylic acids is 1. The molecule has 0 aliphatic heterocycles. The lowest BCUT2D eigenvalue weighted by atomic mass is 10.0. The van der Waals surface area contributed by atoms with Crippen molar-refractivity contribution in [2.24, 2.45) is 0 Å². The Morgan fingerprint density at radius 2 is 1.79 bits per heavy atom. The summed E-state index contributed by atoms with van der Waals surface area (Å²) in [7, 11) is -1.92. The maximum atomic E-state index is 12.7. The number of amides is 1. The second-order valence-electron chi connectivity index (χ2n) is 7.27. The normalized spacial score (nSPS) is 12.6. The summed E-state index contributed by atoms with van der Waals surface area (Å²) in [6, 6.07) is 13.2. The number of hydrogen-bond acceptors (Lipinski definition) is 4. The number of hydrogen-bond donors (Lipinski definition) is 1. The summed E-state index contributed by atoms with van der Waals surface area (Å²) in [6.07, 6.45) is 1.81. The van der Waals surface area contributed by atoms with Crippen LogP contribution in [0.2, 0.25) is 0 Å². The van der Waals surface area contributed by atoms with Gasteiger partial charge in [-0.2, -0.15) is 4.31 Å². The first-order valence-electron chi connectivity index (χ1n) is 9.58. The lowest BCUT2D eigenvalue weighted by Gasteiger charge is -2.23. The van der Waals surface area contributed by atoms with Gasteiger partial charge in [0.1, 0.15) is 5.75 Å². The predicted octanol–water partition coefficient (Wildman–Crippen LogP) is 3.34. The quantitative estimate of drug-likeness (QED) is 0.678. The molecule has 7 heteroatoms. The number of benzene rings is 2. The third-order valence-electron chi connectivity index (χ3n) is 4.83. The molecule has 0 radical (unpaired) electrons. The zero-order valence-electron chi connectivity index (χ0n) is 17.7. The molecule has 0 saturated carbocycles. The van der Waals surface area contributed by atoms with E-state index in [9.17, 15) is 13.2 Å². The molecule has 1 amide bonds. The van der Waals surface area contributed by atoms with E-state index in [0.29, 0.717) is 6.42 Å². The Morgan fingerprint density at radius 3 is 2.31 bits per heavy atom. The highest BCUT2D eigenvalue weighted by Crippen LogP contribution is 2.24. The summed E-state index contributed by atoms with van der Waals surface area (Å²) >= 11 is 0. The second kappa shape index (κ2) is 9.89. The standard InChI is InChI=1S/C22H30N2O4S/c1-6-20(19-11-12-21(28-4)17(3)13-19)23-22(25)15-24(29(5,26)27)14-18-9-7-16(2)8-10-18/h7-13,20H,6,14-15H2,1-5H3,(H,23,25). The van der Waals surface area contributed by atoms with Crippen molar-refractivity contribution < 1.29 is 17.9 Å². The minimum absolute atomic E-state index is 0.158. The molecular weight excluding hydrogens is 388 g/mol. The van der Waals surface area contributed by atoms with Crippen LogP contribution in [0, 0.1) is 13.8 Å². The molecule has 2 aromatic rings. The largest absolute Gasteiger partial charge is 0.496 e. The first kappa shape index (κ1) is 22.9. The number of nitrogens with zero attached hydrogens (tertiary/aromatic N) is 1. The van der Waals surface area contributed by atoms with E-state index in [1.807, 2.05) is 63.2 Å². The van der Waals surface area contributed by atoms with Crippen molar-refractivity contribution in [3.8, 4) is 5.75 Å². The van der Waals surface area contributed by atoms with Crippen molar-refractivity contribution in [1.29, 1.82) is 0 Å². The smallest absolute Gasteiger partial charge is 0.235 e. The van der Waals surface area contributed by atoms with E-state index >= 15 is 0 Å². The highest BCUT2D eigenvalue weighted by Gasteiger charge is 2.22. The first-order valence-corrected chi connectivity index (χ1v) is 11.4. The van der Waals surface area contributed by atoms with Crippen LogP contribution < -0.4 is 10.1 Å². The van der Waals surface area contributed by atoms with Crippen molar-refractivity contribution in [3.05, 3.63) is 64.7 Å². The molecule has 158 valence electrons. The zero-order valence-corrected chi connectivity index (χ0v) is 18.5. The van der Waals surface area contributed by atoms with Crippen LogP contribution in [0.15, 0.2) is 42.5 Å². The maximum Gasteiger partial charge on any atom is 0.235 e. The Bertz CT molecular complexity index is 940. The van der Waals surface area contributed by atoms with Crippen LogP contribution in [-0.2, 0) is 21.4 Å². The molecule has 2 aromatic carbocycles. The second-order valence-corrected chi connectivity index (χ2v) is 9.26. The molecule has 0 aromatic heterocycles. The van der Waals surface area contributed by atoms with Gasteiger partial charge < -0.3 is 10.1 Å². The summed E-state index contributed by atoms with van der Waals surface area (Å²) in [5.74, 6) is 0.458. The summed E-state index contributed by atoms with van der Waals surface area (Å²) in [6.45, 7) is 5.83. The van der Waals surface area contributed by atoms with Crippen LogP contribution in [0.3, 0.4) is 0 Å². The molecule has 1 N–H and O–H groups in total. The monoisotopic (exact) mass is 418 g/mol. The van der Waals surface area contributed by atoms with Crippen molar-refractivity contribution in [1.82, 2.24) is 9.62 Å². The molecule has 0 fully saturated rings. The van der Waals surface area contributed by atoms with Crippen LogP contribution in [0.25, 0.3) is 0 Å². The zero-order chi connectivity index (χ0) is 21.6. The fraction of sp³-hybridized carbons (Fsp3) is 0.409. The topological polar surface area (TPSA) is 75.7 Å². The van der Waals surface area contributed by atoms with Crippen molar-refractivity contribution in [2.75, 3.05) is 19.9 Å². The van der Waals surface area contributed by atoms with E-state index in [1.54, 1.807) is 7.11 Å². The van der Waals surface area contributed by atoms with E-state index in [4.69, 9.17) is 4.74 Å². The molecule has 0 heterocycles. The molecule has 0 aliphatic rings. The number of methoxy groups -OCH3 is 1. The molecule has 29 heavy (non-hydrogen) atoms. The summed E-state index contributed by atoms with van der Waals surface area (Å²) in [5.41, 5.74) is 3.88. The van der Waals surface area contributed by atoms with E-state index in [2.05, 4.69) is 5.32 Å². The predicted molar refractivity (Wildman–Crippen MR) is 115 cm³/mol. The maximum absolute atomic E-state index is 12.7. The van der Waals surface area contributed by atoms with Gasteiger partial charge in [-0.25, -0.2) is 8.42 Å². The molecule has 1 atom stereocenters. The molecule has 1 unspecified atom stereocenters.